The molecule has 1 aliphatic rings. The van der Waals surface area contributed by atoms with Crippen LogP contribution in [0.25, 0.3) is 0 Å². The topological polar surface area (TPSA) is 40.6 Å². The molecular weight excluding hydrogens is 308 g/mol. The van der Waals surface area contributed by atoms with E-state index in [2.05, 4.69) is 25.7 Å². The van der Waals surface area contributed by atoms with Gasteiger partial charge < -0.3 is 4.90 Å². The van der Waals surface area contributed by atoms with Crippen LogP contribution in [0.1, 0.15) is 45.6 Å². The maximum Gasteiger partial charge on any atom is 0.242 e. The first-order valence-electron chi connectivity index (χ1n) is 8.50. The van der Waals surface area contributed by atoms with E-state index in [4.69, 9.17) is 0 Å². The first kappa shape index (κ1) is 18.4. The standard InChI is InChI=1S/C18H30N2O2S/c1-18(2,3)16-8-10-17(11-9-16)23(21,22)19(4)14-15-20-12-6-5-7-13-20/h8-11H,5-7,12-15H2,1-4H3. The van der Waals surface area contributed by atoms with Crippen LogP contribution in [0, 0.1) is 0 Å². The molecule has 130 valence electrons. The van der Waals surface area contributed by atoms with Gasteiger partial charge in [0.05, 0.1) is 4.90 Å². The van der Waals surface area contributed by atoms with Gasteiger partial charge in [0.2, 0.25) is 10.0 Å². The highest BCUT2D eigenvalue weighted by atomic mass is 32.2. The summed E-state index contributed by atoms with van der Waals surface area (Å²) in [6, 6.07) is 7.30. The number of likely N-dealkylation sites (tertiary alicyclic amines) is 1. The maximum atomic E-state index is 12.7. The van der Waals surface area contributed by atoms with E-state index in [1.807, 2.05) is 12.1 Å². The Hall–Kier alpha value is -0.910. The molecular formula is C18H30N2O2S. The van der Waals surface area contributed by atoms with E-state index in [-0.39, 0.29) is 5.41 Å². The average molecular weight is 339 g/mol. The van der Waals surface area contributed by atoms with Gasteiger partial charge in [-0.05, 0) is 49.0 Å². The van der Waals surface area contributed by atoms with E-state index in [1.54, 1.807) is 19.2 Å². The molecule has 0 aromatic heterocycles. The van der Waals surface area contributed by atoms with Crippen LogP contribution >= 0.6 is 0 Å². The Morgan fingerprint density at radius 3 is 2.13 bits per heavy atom. The van der Waals surface area contributed by atoms with Crippen LogP contribution in [0.4, 0.5) is 0 Å². The molecule has 0 atom stereocenters. The van der Waals surface area contributed by atoms with Crippen LogP contribution in [-0.2, 0) is 15.4 Å². The van der Waals surface area contributed by atoms with Crippen molar-refractivity contribution in [3.63, 3.8) is 0 Å². The molecule has 2 rings (SSSR count). The highest BCUT2D eigenvalue weighted by Gasteiger charge is 2.22. The van der Waals surface area contributed by atoms with Gasteiger partial charge in [-0.25, -0.2) is 8.42 Å². The Bertz CT molecular complexity index is 597. The van der Waals surface area contributed by atoms with Crippen LogP contribution in [-0.4, -0.2) is 50.8 Å². The third kappa shape index (κ3) is 4.78. The zero-order valence-electron chi connectivity index (χ0n) is 14.9. The molecule has 4 nitrogen and oxygen atoms in total. The van der Waals surface area contributed by atoms with Crippen molar-refractivity contribution in [2.75, 3.05) is 33.2 Å². The first-order chi connectivity index (χ1) is 10.7. The fourth-order valence-corrected chi connectivity index (χ4v) is 4.05. The number of hydrogen-bond donors (Lipinski definition) is 0. The molecule has 1 aromatic carbocycles. The van der Waals surface area contributed by atoms with Gasteiger partial charge >= 0.3 is 0 Å². The average Bonchev–Trinajstić information content (AvgIpc) is 2.52. The molecule has 0 aliphatic carbocycles. The molecule has 0 saturated carbocycles. The summed E-state index contributed by atoms with van der Waals surface area (Å²) < 4.78 is 26.8. The Morgan fingerprint density at radius 2 is 1.61 bits per heavy atom. The predicted molar refractivity (Wildman–Crippen MR) is 95.2 cm³/mol. The summed E-state index contributed by atoms with van der Waals surface area (Å²) in [7, 11) is -1.72. The summed E-state index contributed by atoms with van der Waals surface area (Å²) in [5.74, 6) is 0. The summed E-state index contributed by atoms with van der Waals surface area (Å²) in [5, 5.41) is 0. The molecule has 1 aromatic rings. The summed E-state index contributed by atoms with van der Waals surface area (Å²) >= 11 is 0. The zero-order chi connectivity index (χ0) is 17.1. The van der Waals surface area contributed by atoms with Crippen molar-refractivity contribution in [2.24, 2.45) is 0 Å². The number of nitrogens with zero attached hydrogens (tertiary/aromatic N) is 2. The van der Waals surface area contributed by atoms with Crippen LogP contribution in [0.2, 0.25) is 0 Å². The van der Waals surface area contributed by atoms with Crippen LogP contribution in [0.5, 0.6) is 0 Å². The Kier molecular flexibility index (Phi) is 5.87. The summed E-state index contributed by atoms with van der Waals surface area (Å²) in [5.41, 5.74) is 1.18. The van der Waals surface area contributed by atoms with Crippen LogP contribution in [0.3, 0.4) is 0 Å². The molecule has 0 unspecified atom stereocenters. The third-order valence-electron chi connectivity index (χ3n) is 4.61. The lowest BCUT2D eigenvalue weighted by Gasteiger charge is -2.28. The minimum Gasteiger partial charge on any atom is -0.302 e. The monoisotopic (exact) mass is 338 g/mol. The van der Waals surface area contributed by atoms with Gasteiger partial charge in [-0.3, -0.25) is 0 Å². The molecule has 5 heteroatoms. The second-order valence-electron chi connectivity index (χ2n) is 7.50. The Labute approximate surface area is 141 Å². The molecule has 1 aliphatic heterocycles. The van der Waals surface area contributed by atoms with E-state index in [0.717, 1.165) is 25.2 Å². The van der Waals surface area contributed by atoms with E-state index in [9.17, 15) is 8.42 Å². The summed E-state index contributed by atoms with van der Waals surface area (Å²) in [4.78, 5) is 2.74. The normalized spacial score (nSPS) is 17.6. The highest BCUT2D eigenvalue weighted by molar-refractivity contribution is 7.89. The number of benzene rings is 1. The van der Waals surface area contributed by atoms with E-state index in [1.165, 1.54) is 23.6 Å². The predicted octanol–water partition coefficient (Wildman–Crippen LogP) is 3.09. The Balaban J connectivity index is 2.01. The molecule has 0 spiro atoms. The minimum atomic E-state index is -3.40. The van der Waals surface area contributed by atoms with Crippen molar-refractivity contribution < 1.29 is 8.42 Å². The molecule has 0 radical (unpaired) electrons. The van der Waals surface area contributed by atoms with Gasteiger partial charge in [-0.15, -0.1) is 0 Å². The van der Waals surface area contributed by atoms with Gasteiger partial charge in [0.15, 0.2) is 0 Å². The molecule has 0 amide bonds. The van der Waals surface area contributed by atoms with Gasteiger partial charge in [-0.2, -0.15) is 4.31 Å². The lowest BCUT2D eigenvalue weighted by Crippen LogP contribution is -2.38. The van der Waals surface area contributed by atoms with Crippen molar-refractivity contribution in [2.45, 2.75) is 50.3 Å². The lowest BCUT2D eigenvalue weighted by atomic mass is 9.87. The van der Waals surface area contributed by atoms with Gasteiger partial charge in [0, 0.05) is 20.1 Å². The van der Waals surface area contributed by atoms with Crippen molar-refractivity contribution >= 4 is 10.0 Å². The number of sulfonamides is 1. The molecule has 1 heterocycles. The highest BCUT2D eigenvalue weighted by Crippen LogP contribution is 2.24. The van der Waals surface area contributed by atoms with Gasteiger partial charge in [0.1, 0.15) is 0 Å². The van der Waals surface area contributed by atoms with E-state index >= 15 is 0 Å². The molecule has 1 fully saturated rings. The van der Waals surface area contributed by atoms with Crippen LogP contribution < -0.4 is 0 Å². The van der Waals surface area contributed by atoms with Crippen molar-refractivity contribution in [1.29, 1.82) is 0 Å². The SMILES string of the molecule is CN(CCN1CCCCC1)S(=O)(=O)c1ccc(C(C)(C)C)cc1. The van der Waals surface area contributed by atoms with Gasteiger partial charge in [-0.1, -0.05) is 39.3 Å². The van der Waals surface area contributed by atoms with Crippen LogP contribution in [0.15, 0.2) is 29.2 Å². The van der Waals surface area contributed by atoms with E-state index < -0.39 is 10.0 Å². The second kappa shape index (κ2) is 7.32. The smallest absolute Gasteiger partial charge is 0.242 e. The quantitative estimate of drug-likeness (QED) is 0.828. The molecule has 23 heavy (non-hydrogen) atoms. The molecule has 0 bridgehead atoms. The van der Waals surface area contributed by atoms with E-state index in [0.29, 0.717) is 11.4 Å². The third-order valence-corrected chi connectivity index (χ3v) is 6.48. The number of rotatable bonds is 5. The fraction of sp³-hybridized carbons (Fsp3) is 0.667. The fourth-order valence-electron chi connectivity index (χ4n) is 2.89. The van der Waals surface area contributed by atoms with Gasteiger partial charge in [0.25, 0.3) is 0 Å². The van der Waals surface area contributed by atoms with Crippen molar-refractivity contribution in [3.05, 3.63) is 29.8 Å². The molecule has 1 saturated heterocycles. The zero-order valence-corrected chi connectivity index (χ0v) is 15.7. The number of hydrogen-bond acceptors (Lipinski definition) is 3. The Morgan fingerprint density at radius 1 is 1.04 bits per heavy atom. The second-order valence-corrected chi connectivity index (χ2v) is 9.55. The largest absolute Gasteiger partial charge is 0.302 e. The first-order valence-corrected chi connectivity index (χ1v) is 9.94. The lowest BCUT2D eigenvalue weighted by molar-refractivity contribution is 0.218. The summed E-state index contributed by atoms with van der Waals surface area (Å²) in [6.07, 6.45) is 3.75. The van der Waals surface area contributed by atoms with Crippen molar-refractivity contribution in [1.82, 2.24) is 9.21 Å². The maximum absolute atomic E-state index is 12.7. The number of likely N-dealkylation sites (N-methyl/N-ethyl adjacent to an activating group) is 1. The van der Waals surface area contributed by atoms with Crippen molar-refractivity contribution in [3.8, 4) is 0 Å². The molecule has 0 N–H and O–H groups in total. The minimum absolute atomic E-state index is 0.0302. The summed E-state index contributed by atoms with van der Waals surface area (Å²) in [6.45, 7) is 9.92. The number of piperidine rings is 1.